The van der Waals surface area contributed by atoms with Crippen LogP contribution in [0.3, 0.4) is 0 Å². The molecule has 0 spiro atoms. The van der Waals surface area contributed by atoms with E-state index in [0.717, 1.165) is 0 Å². The summed E-state index contributed by atoms with van der Waals surface area (Å²) in [5, 5.41) is 18.6. The quantitative estimate of drug-likeness (QED) is 0.587. The normalized spacial score (nSPS) is 19.5. The number of hydrogen-bond acceptors (Lipinski definition) is 6. The van der Waals surface area contributed by atoms with Gasteiger partial charge < -0.3 is 30.5 Å². The van der Waals surface area contributed by atoms with E-state index >= 15 is 0 Å². The molecule has 1 aromatic rings. The topological polar surface area (TPSA) is 109 Å². The van der Waals surface area contributed by atoms with Crippen LogP contribution in [0.5, 0.6) is 11.5 Å². The Hall–Kier alpha value is -2.32. The second kappa shape index (κ2) is 8.58. The lowest BCUT2D eigenvalue weighted by atomic mass is 9.95. The largest absolute Gasteiger partial charge is 0.493 e. The highest BCUT2D eigenvalue weighted by Crippen LogP contribution is 2.34. The summed E-state index contributed by atoms with van der Waals surface area (Å²) in [6.45, 7) is 6.85. The van der Waals surface area contributed by atoms with Gasteiger partial charge in [0.25, 0.3) is 5.91 Å². The molecule has 27 heavy (non-hydrogen) atoms. The zero-order valence-electron chi connectivity index (χ0n) is 16.5. The highest BCUT2D eigenvalue weighted by Gasteiger charge is 2.27. The van der Waals surface area contributed by atoms with Gasteiger partial charge >= 0.3 is 0 Å². The molecule has 1 heterocycles. The Morgan fingerprint density at radius 2 is 1.81 bits per heavy atom. The minimum atomic E-state index is -0.624. The highest BCUT2D eigenvalue weighted by molar-refractivity contribution is 6.05. The third-order valence-electron chi connectivity index (χ3n) is 4.53. The number of amides is 2. The maximum atomic E-state index is 12.8. The van der Waals surface area contributed by atoms with Crippen molar-refractivity contribution in [2.24, 2.45) is 11.3 Å². The van der Waals surface area contributed by atoms with Crippen molar-refractivity contribution in [3.05, 3.63) is 17.7 Å². The average Bonchev–Trinajstić information content (AvgIpc) is 3.03. The number of benzene rings is 1. The van der Waals surface area contributed by atoms with Crippen LogP contribution in [0, 0.1) is 11.3 Å². The molecule has 2 amide bonds. The van der Waals surface area contributed by atoms with Gasteiger partial charge in [0.1, 0.15) is 0 Å². The molecule has 0 aromatic heterocycles. The van der Waals surface area contributed by atoms with Crippen LogP contribution < -0.4 is 25.4 Å². The second-order valence-corrected chi connectivity index (χ2v) is 7.65. The molecule has 2 unspecified atom stereocenters. The van der Waals surface area contributed by atoms with E-state index < -0.39 is 11.5 Å². The van der Waals surface area contributed by atoms with Crippen LogP contribution in [0.25, 0.3) is 0 Å². The standard InChI is InChI=1S/C19H29N3O5/c1-19(2,3)18(25)22-13-7-16(27-5)15(26-4)6-12(13)17(24)21-9-11-8-20-10-14(11)23/h6-7,11,14,20,23H,8-10H2,1-5H3,(H,21,24)(H,22,25). The molecule has 2 rings (SSSR count). The van der Waals surface area contributed by atoms with Gasteiger partial charge in [-0.25, -0.2) is 0 Å². The number of carbonyl (C=O) groups is 2. The van der Waals surface area contributed by atoms with Crippen molar-refractivity contribution in [1.82, 2.24) is 10.6 Å². The molecule has 1 aromatic carbocycles. The lowest BCUT2D eigenvalue weighted by molar-refractivity contribution is -0.123. The Morgan fingerprint density at radius 1 is 1.19 bits per heavy atom. The molecule has 0 radical (unpaired) electrons. The van der Waals surface area contributed by atoms with Crippen molar-refractivity contribution >= 4 is 17.5 Å². The summed E-state index contributed by atoms with van der Waals surface area (Å²) in [6, 6.07) is 3.11. The summed E-state index contributed by atoms with van der Waals surface area (Å²) >= 11 is 0. The molecule has 0 saturated carbocycles. The summed E-state index contributed by atoms with van der Waals surface area (Å²) in [7, 11) is 2.97. The monoisotopic (exact) mass is 379 g/mol. The van der Waals surface area contributed by atoms with E-state index in [1.165, 1.54) is 20.3 Å². The maximum absolute atomic E-state index is 12.8. The molecular weight excluding hydrogens is 350 g/mol. The molecule has 0 bridgehead atoms. The molecule has 4 N–H and O–H groups in total. The molecular formula is C19H29N3O5. The van der Waals surface area contributed by atoms with Crippen LogP contribution in [-0.4, -0.2) is 56.9 Å². The fraction of sp³-hybridized carbons (Fsp3) is 0.579. The van der Waals surface area contributed by atoms with E-state index in [4.69, 9.17) is 9.47 Å². The van der Waals surface area contributed by atoms with Crippen LogP contribution in [-0.2, 0) is 4.79 Å². The number of carbonyl (C=O) groups excluding carboxylic acids is 2. The molecule has 1 saturated heterocycles. The average molecular weight is 379 g/mol. The number of β-amino-alcohol motifs (C(OH)–C–C–N with tert-alkyl or cyclic N) is 1. The van der Waals surface area contributed by atoms with Gasteiger partial charge in [-0.3, -0.25) is 9.59 Å². The Morgan fingerprint density at radius 3 is 2.33 bits per heavy atom. The third kappa shape index (κ3) is 5.11. The SMILES string of the molecule is COc1cc(NC(=O)C(C)(C)C)c(C(=O)NCC2CNCC2O)cc1OC. The van der Waals surface area contributed by atoms with Crippen molar-refractivity contribution < 1.29 is 24.2 Å². The summed E-state index contributed by atoms with van der Waals surface area (Å²) in [5.41, 5.74) is -0.0126. The van der Waals surface area contributed by atoms with Crippen LogP contribution in [0.15, 0.2) is 12.1 Å². The van der Waals surface area contributed by atoms with Crippen LogP contribution in [0.1, 0.15) is 31.1 Å². The number of hydrogen-bond donors (Lipinski definition) is 4. The number of aliphatic hydroxyl groups is 1. The van der Waals surface area contributed by atoms with Gasteiger partial charge in [0.15, 0.2) is 11.5 Å². The van der Waals surface area contributed by atoms with Crippen LogP contribution >= 0.6 is 0 Å². The van der Waals surface area contributed by atoms with E-state index in [0.29, 0.717) is 36.8 Å². The maximum Gasteiger partial charge on any atom is 0.253 e. The summed E-state index contributed by atoms with van der Waals surface area (Å²) in [6.07, 6.45) is -0.490. The van der Waals surface area contributed by atoms with Gasteiger partial charge in [0.05, 0.1) is 31.6 Å². The van der Waals surface area contributed by atoms with Gasteiger partial charge in [-0.2, -0.15) is 0 Å². The van der Waals surface area contributed by atoms with Crippen molar-refractivity contribution in [3.8, 4) is 11.5 Å². The Balaban J connectivity index is 2.27. The number of methoxy groups -OCH3 is 2. The predicted molar refractivity (Wildman–Crippen MR) is 102 cm³/mol. The first-order chi connectivity index (χ1) is 12.7. The molecule has 2 atom stereocenters. The fourth-order valence-corrected chi connectivity index (χ4v) is 2.73. The lowest BCUT2D eigenvalue weighted by Crippen LogP contribution is -2.35. The zero-order chi connectivity index (χ0) is 20.2. The van der Waals surface area contributed by atoms with Gasteiger partial charge in [-0.05, 0) is 6.07 Å². The van der Waals surface area contributed by atoms with Crippen LogP contribution in [0.2, 0.25) is 0 Å². The number of rotatable bonds is 6. The highest BCUT2D eigenvalue weighted by atomic mass is 16.5. The second-order valence-electron chi connectivity index (χ2n) is 7.65. The number of anilines is 1. The smallest absolute Gasteiger partial charge is 0.253 e. The predicted octanol–water partition coefficient (Wildman–Crippen LogP) is 0.999. The van der Waals surface area contributed by atoms with Gasteiger partial charge in [0, 0.05) is 37.0 Å². The third-order valence-corrected chi connectivity index (χ3v) is 4.53. The molecule has 8 nitrogen and oxygen atoms in total. The van der Waals surface area contributed by atoms with Gasteiger partial charge in [0.2, 0.25) is 5.91 Å². The molecule has 150 valence electrons. The molecule has 0 aliphatic carbocycles. The summed E-state index contributed by atoms with van der Waals surface area (Å²) < 4.78 is 10.6. The van der Waals surface area contributed by atoms with Crippen molar-refractivity contribution in [3.63, 3.8) is 0 Å². The van der Waals surface area contributed by atoms with E-state index in [9.17, 15) is 14.7 Å². The number of aliphatic hydroxyl groups excluding tert-OH is 1. The van der Waals surface area contributed by atoms with Crippen LogP contribution in [0.4, 0.5) is 5.69 Å². The van der Waals surface area contributed by atoms with E-state index in [1.54, 1.807) is 26.8 Å². The minimum absolute atomic E-state index is 0.0540. The van der Waals surface area contributed by atoms with Crippen molar-refractivity contribution in [2.45, 2.75) is 26.9 Å². The first-order valence-corrected chi connectivity index (χ1v) is 8.91. The van der Waals surface area contributed by atoms with Gasteiger partial charge in [-0.1, -0.05) is 20.8 Å². The van der Waals surface area contributed by atoms with E-state index in [1.807, 2.05) is 0 Å². The minimum Gasteiger partial charge on any atom is -0.493 e. The van der Waals surface area contributed by atoms with Crippen molar-refractivity contribution in [1.29, 1.82) is 0 Å². The number of ether oxygens (including phenoxy) is 2. The Kier molecular flexibility index (Phi) is 6.67. The summed E-state index contributed by atoms with van der Waals surface area (Å²) in [4.78, 5) is 25.2. The summed E-state index contributed by atoms with van der Waals surface area (Å²) in [5.74, 6) is 0.160. The molecule has 1 aliphatic rings. The van der Waals surface area contributed by atoms with E-state index in [2.05, 4.69) is 16.0 Å². The molecule has 1 aliphatic heterocycles. The van der Waals surface area contributed by atoms with Crippen molar-refractivity contribution in [2.75, 3.05) is 39.2 Å². The molecule has 8 heteroatoms. The first-order valence-electron chi connectivity index (χ1n) is 8.91. The fourth-order valence-electron chi connectivity index (χ4n) is 2.73. The molecule has 1 fully saturated rings. The Labute approximate surface area is 159 Å². The van der Waals surface area contributed by atoms with Gasteiger partial charge in [-0.15, -0.1) is 0 Å². The Bertz CT molecular complexity index is 699. The number of nitrogens with one attached hydrogen (secondary N) is 3. The van der Waals surface area contributed by atoms with E-state index in [-0.39, 0.29) is 23.3 Å². The first kappa shape index (κ1) is 21.0. The zero-order valence-corrected chi connectivity index (χ0v) is 16.5. The lowest BCUT2D eigenvalue weighted by Gasteiger charge is -2.21.